The van der Waals surface area contributed by atoms with Crippen LogP contribution in [0.25, 0.3) is 0 Å². The van der Waals surface area contributed by atoms with Gasteiger partial charge in [-0.05, 0) is 65.7 Å². The van der Waals surface area contributed by atoms with Gasteiger partial charge in [0.15, 0.2) is 11.5 Å². The Labute approximate surface area is 229 Å². The molecule has 0 aliphatic carbocycles. The minimum absolute atomic E-state index is 0.0713. The molecule has 0 saturated heterocycles. The summed E-state index contributed by atoms with van der Waals surface area (Å²) in [6, 6.07) is 12.1. The summed E-state index contributed by atoms with van der Waals surface area (Å²) in [6.45, 7) is 1.43. The van der Waals surface area contributed by atoms with Crippen LogP contribution >= 0.6 is 34.5 Å². The fourth-order valence-corrected chi connectivity index (χ4v) is 6.18. The Morgan fingerprint density at radius 2 is 1.95 bits per heavy atom. The van der Waals surface area contributed by atoms with Crippen molar-refractivity contribution >= 4 is 46.4 Å². The van der Waals surface area contributed by atoms with E-state index in [2.05, 4.69) is 0 Å². The summed E-state index contributed by atoms with van der Waals surface area (Å²) in [5.74, 6) is 0.713. The Balaban J connectivity index is 1.42. The topological polar surface area (TPSA) is 68.3 Å². The van der Waals surface area contributed by atoms with Crippen LogP contribution in [-0.4, -0.2) is 61.8 Å². The van der Waals surface area contributed by atoms with E-state index in [0.29, 0.717) is 53.2 Å². The van der Waals surface area contributed by atoms with Gasteiger partial charge in [-0.1, -0.05) is 29.3 Å². The molecule has 1 aromatic heterocycles. The zero-order valence-electron chi connectivity index (χ0n) is 20.2. The highest BCUT2D eigenvalue weighted by Gasteiger charge is 2.35. The molecule has 0 saturated carbocycles. The van der Waals surface area contributed by atoms with Gasteiger partial charge in [0.25, 0.3) is 5.91 Å². The average molecular weight is 561 g/mol. The smallest absolute Gasteiger partial charge is 0.254 e. The van der Waals surface area contributed by atoms with Gasteiger partial charge in [0.05, 0.1) is 6.04 Å². The van der Waals surface area contributed by atoms with Gasteiger partial charge in [0.1, 0.15) is 6.54 Å². The number of hydrogen-bond donors (Lipinski definition) is 0. The molecule has 3 heterocycles. The third kappa shape index (κ3) is 5.43. The highest BCUT2D eigenvalue weighted by atomic mass is 35.5. The second-order valence-corrected chi connectivity index (χ2v) is 10.7. The number of thiophene rings is 1. The predicted octanol–water partition coefficient (Wildman–Crippen LogP) is 5.44. The molecule has 1 atom stereocenters. The first-order valence-corrected chi connectivity index (χ1v) is 13.6. The molecule has 1 unspecified atom stereocenters. The van der Waals surface area contributed by atoms with Crippen LogP contribution in [0.5, 0.6) is 11.5 Å². The number of nitrogens with zero attached hydrogens (tertiary/aromatic N) is 2. The summed E-state index contributed by atoms with van der Waals surface area (Å²) in [6.07, 6.45) is 1.35. The number of halogens is 2. The lowest BCUT2D eigenvalue weighted by atomic mass is 9.93. The average Bonchev–Trinajstić information content (AvgIpc) is 3.56. The highest BCUT2D eigenvalue weighted by molar-refractivity contribution is 7.10. The summed E-state index contributed by atoms with van der Waals surface area (Å²) in [4.78, 5) is 32.0. The van der Waals surface area contributed by atoms with Crippen LogP contribution in [0.3, 0.4) is 0 Å². The van der Waals surface area contributed by atoms with Gasteiger partial charge in [-0.3, -0.25) is 9.59 Å². The molecule has 0 bridgehead atoms. The summed E-state index contributed by atoms with van der Waals surface area (Å²) in [5.41, 5.74) is 2.30. The van der Waals surface area contributed by atoms with Gasteiger partial charge in [-0.25, -0.2) is 0 Å². The molecule has 5 rings (SSSR count). The first-order valence-electron chi connectivity index (χ1n) is 11.9. The Hall–Kier alpha value is -2.78. The SMILES string of the molecule is COCCCN(CC(=O)N1CCc2sccc2C1c1ccc(Cl)cc1Cl)C(=O)c1ccc2c(c1)OCO2. The highest BCUT2D eigenvalue weighted by Crippen LogP contribution is 2.41. The van der Waals surface area contributed by atoms with E-state index in [-0.39, 0.29) is 31.2 Å². The second kappa shape index (κ2) is 11.3. The number of ether oxygens (including phenoxy) is 3. The Morgan fingerprint density at radius 1 is 1.11 bits per heavy atom. The monoisotopic (exact) mass is 560 g/mol. The van der Waals surface area contributed by atoms with Crippen molar-refractivity contribution in [1.82, 2.24) is 9.80 Å². The quantitative estimate of drug-likeness (QED) is 0.343. The molecule has 0 N–H and O–H groups in total. The van der Waals surface area contributed by atoms with E-state index in [9.17, 15) is 9.59 Å². The van der Waals surface area contributed by atoms with Crippen molar-refractivity contribution in [1.29, 1.82) is 0 Å². The van der Waals surface area contributed by atoms with E-state index >= 15 is 0 Å². The molecule has 3 aromatic rings. The van der Waals surface area contributed by atoms with Gasteiger partial charge >= 0.3 is 0 Å². The van der Waals surface area contributed by atoms with Crippen molar-refractivity contribution in [2.24, 2.45) is 0 Å². The van der Waals surface area contributed by atoms with E-state index < -0.39 is 0 Å². The van der Waals surface area contributed by atoms with E-state index in [1.807, 2.05) is 22.4 Å². The van der Waals surface area contributed by atoms with Crippen molar-refractivity contribution in [2.75, 3.05) is 40.1 Å². The van der Waals surface area contributed by atoms with Crippen LogP contribution in [0.1, 0.15) is 38.8 Å². The molecule has 37 heavy (non-hydrogen) atoms. The van der Waals surface area contributed by atoms with Crippen LogP contribution in [0.2, 0.25) is 10.0 Å². The lowest BCUT2D eigenvalue weighted by Gasteiger charge is -2.38. The zero-order valence-corrected chi connectivity index (χ0v) is 22.6. The molecule has 2 aliphatic heterocycles. The molecule has 10 heteroatoms. The van der Waals surface area contributed by atoms with E-state index in [0.717, 1.165) is 17.5 Å². The second-order valence-electron chi connectivity index (χ2n) is 8.85. The summed E-state index contributed by atoms with van der Waals surface area (Å²) >= 11 is 14.4. The number of carbonyl (C=O) groups is 2. The number of fused-ring (bicyclic) bond motifs is 2. The Morgan fingerprint density at radius 3 is 2.76 bits per heavy atom. The van der Waals surface area contributed by atoms with E-state index in [1.165, 1.54) is 4.88 Å². The molecule has 2 aromatic carbocycles. The van der Waals surface area contributed by atoms with Gasteiger partial charge in [-0.15, -0.1) is 11.3 Å². The predicted molar refractivity (Wildman–Crippen MR) is 143 cm³/mol. The number of benzene rings is 2. The summed E-state index contributed by atoms with van der Waals surface area (Å²) < 4.78 is 16.0. The lowest BCUT2D eigenvalue weighted by Crippen LogP contribution is -2.47. The minimum Gasteiger partial charge on any atom is -0.454 e. The van der Waals surface area contributed by atoms with Crippen LogP contribution in [0.15, 0.2) is 47.8 Å². The number of rotatable bonds is 8. The Bertz CT molecular complexity index is 1310. The Kier molecular flexibility index (Phi) is 7.90. The fourth-order valence-electron chi connectivity index (χ4n) is 4.76. The van der Waals surface area contributed by atoms with Crippen LogP contribution in [0.4, 0.5) is 0 Å². The molecule has 7 nitrogen and oxygen atoms in total. The van der Waals surface area contributed by atoms with E-state index in [1.54, 1.807) is 53.7 Å². The van der Waals surface area contributed by atoms with Gasteiger partial charge < -0.3 is 24.0 Å². The van der Waals surface area contributed by atoms with Crippen molar-refractivity contribution in [3.05, 3.63) is 79.5 Å². The molecule has 2 amide bonds. The number of carbonyl (C=O) groups excluding carboxylic acids is 2. The maximum atomic E-state index is 13.8. The molecule has 0 spiro atoms. The summed E-state index contributed by atoms with van der Waals surface area (Å²) in [5, 5.41) is 3.07. The third-order valence-corrected chi connectivity index (χ3v) is 8.11. The van der Waals surface area contributed by atoms with Crippen LogP contribution < -0.4 is 9.47 Å². The third-order valence-electron chi connectivity index (χ3n) is 6.55. The summed E-state index contributed by atoms with van der Waals surface area (Å²) in [7, 11) is 1.61. The van der Waals surface area contributed by atoms with Gasteiger partial charge in [-0.2, -0.15) is 0 Å². The largest absolute Gasteiger partial charge is 0.454 e. The maximum Gasteiger partial charge on any atom is 0.254 e. The van der Waals surface area contributed by atoms with Crippen molar-refractivity contribution in [3.63, 3.8) is 0 Å². The number of methoxy groups -OCH3 is 1. The van der Waals surface area contributed by atoms with Gasteiger partial charge in [0.2, 0.25) is 12.7 Å². The minimum atomic E-state index is -0.353. The standard InChI is InChI=1S/C27H26Cl2N2O5S/c1-34-11-2-9-30(27(33)17-3-6-22-23(13-17)36-16-35-22)15-25(32)31-10-7-24-20(8-12-37-24)26(31)19-5-4-18(28)14-21(19)29/h3-6,8,12-14,26H,2,7,9-11,15-16H2,1H3. The molecular formula is C27H26Cl2N2O5S. The molecule has 0 fully saturated rings. The van der Waals surface area contributed by atoms with Crippen LogP contribution in [0, 0.1) is 0 Å². The zero-order chi connectivity index (χ0) is 25.9. The molecular weight excluding hydrogens is 535 g/mol. The molecule has 194 valence electrons. The van der Waals surface area contributed by atoms with Crippen molar-refractivity contribution in [2.45, 2.75) is 18.9 Å². The lowest BCUT2D eigenvalue weighted by molar-refractivity contribution is -0.134. The maximum absolute atomic E-state index is 13.8. The fraction of sp³-hybridized carbons (Fsp3) is 0.333. The number of hydrogen-bond acceptors (Lipinski definition) is 6. The van der Waals surface area contributed by atoms with Crippen molar-refractivity contribution < 1.29 is 23.8 Å². The number of amides is 2. The first-order chi connectivity index (χ1) is 18.0. The molecule has 2 aliphatic rings. The molecule has 0 radical (unpaired) electrons. The van der Waals surface area contributed by atoms with Crippen LogP contribution in [-0.2, 0) is 16.0 Å². The normalized spacial score (nSPS) is 16.0. The first kappa shape index (κ1) is 25.9. The van der Waals surface area contributed by atoms with Crippen molar-refractivity contribution in [3.8, 4) is 11.5 Å². The van der Waals surface area contributed by atoms with Gasteiger partial charge in [0, 0.05) is 47.3 Å². The van der Waals surface area contributed by atoms with E-state index in [4.69, 9.17) is 37.4 Å².